The summed E-state index contributed by atoms with van der Waals surface area (Å²) in [5, 5.41) is 5.45. The van der Waals surface area contributed by atoms with Gasteiger partial charge in [-0.05, 0) is 52.1 Å². The summed E-state index contributed by atoms with van der Waals surface area (Å²) in [5.41, 5.74) is 2.86. The largest absolute Gasteiger partial charge is 0.0616 e. The highest BCUT2D eigenvalue weighted by Crippen LogP contribution is 2.36. The fraction of sp³-hybridized carbons (Fsp3) is 0.176. The van der Waals surface area contributed by atoms with Gasteiger partial charge in [-0.15, -0.1) is 0 Å². The van der Waals surface area contributed by atoms with E-state index in [2.05, 4.69) is 72.2 Å². The van der Waals surface area contributed by atoms with Crippen LogP contribution in [0, 0.1) is 6.92 Å². The second-order valence-corrected chi connectivity index (χ2v) is 5.52. The highest BCUT2D eigenvalue weighted by atomic mass is 79.9. The minimum Gasteiger partial charge on any atom is -0.0616 e. The smallest absolute Gasteiger partial charge is 0.0256 e. The lowest BCUT2D eigenvalue weighted by molar-refractivity contribution is 1.14. The van der Waals surface area contributed by atoms with Crippen LogP contribution >= 0.6 is 15.9 Å². The predicted molar refractivity (Wildman–Crippen MR) is 83.3 cm³/mol. The summed E-state index contributed by atoms with van der Waals surface area (Å²) in [5.74, 6) is 0. The maximum atomic E-state index is 3.71. The summed E-state index contributed by atoms with van der Waals surface area (Å²) in [6, 6.07) is 15.2. The van der Waals surface area contributed by atoms with Gasteiger partial charge in [-0.3, -0.25) is 0 Å². The maximum absolute atomic E-state index is 3.71. The first kappa shape index (κ1) is 11.7. The Labute approximate surface area is 116 Å². The summed E-state index contributed by atoms with van der Waals surface area (Å²) < 4.78 is 1.20. The zero-order valence-electron chi connectivity index (χ0n) is 10.6. The van der Waals surface area contributed by atoms with Gasteiger partial charge >= 0.3 is 0 Å². The lowest BCUT2D eigenvalue weighted by atomic mass is 9.91. The van der Waals surface area contributed by atoms with Crippen LogP contribution in [0.25, 0.3) is 21.5 Å². The quantitative estimate of drug-likeness (QED) is 0.511. The third kappa shape index (κ3) is 1.58. The van der Waals surface area contributed by atoms with Gasteiger partial charge in [-0.25, -0.2) is 0 Å². The molecule has 0 bridgehead atoms. The van der Waals surface area contributed by atoms with Crippen LogP contribution < -0.4 is 0 Å². The van der Waals surface area contributed by atoms with Crippen molar-refractivity contribution in [3.05, 3.63) is 58.1 Å². The molecule has 0 heterocycles. The Morgan fingerprint density at radius 2 is 1.56 bits per heavy atom. The monoisotopic (exact) mass is 298 g/mol. The van der Waals surface area contributed by atoms with Crippen molar-refractivity contribution in [2.45, 2.75) is 20.3 Å². The molecule has 0 saturated carbocycles. The van der Waals surface area contributed by atoms with Crippen molar-refractivity contribution in [2.75, 3.05) is 0 Å². The molecular formula is C17H15Br. The lowest BCUT2D eigenvalue weighted by Gasteiger charge is -2.14. The van der Waals surface area contributed by atoms with Crippen molar-refractivity contribution in [3.8, 4) is 0 Å². The summed E-state index contributed by atoms with van der Waals surface area (Å²) in [7, 11) is 0. The van der Waals surface area contributed by atoms with E-state index >= 15 is 0 Å². The van der Waals surface area contributed by atoms with Crippen LogP contribution in [0.4, 0.5) is 0 Å². The second kappa shape index (κ2) is 4.40. The topological polar surface area (TPSA) is 0 Å². The Hall–Kier alpha value is -1.34. The molecule has 0 aliphatic heterocycles. The predicted octanol–water partition coefficient (Wildman–Crippen LogP) is 5.63. The molecule has 0 radical (unpaired) electrons. The van der Waals surface area contributed by atoms with E-state index < -0.39 is 0 Å². The van der Waals surface area contributed by atoms with Crippen LogP contribution in [0.5, 0.6) is 0 Å². The highest BCUT2D eigenvalue weighted by molar-refractivity contribution is 9.10. The Morgan fingerprint density at radius 3 is 2.28 bits per heavy atom. The molecule has 0 N–H and O–H groups in total. The summed E-state index contributed by atoms with van der Waals surface area (Å²) in [6.07, 6.45) is 1.07. The van der Waals surface area contributed by atoms with Crippen LogP contribution in [0.2, 0.25) is 0 Å². The first-order valence-corrected chi connectivity index (χ1v) is 7.11. The molecule has 3 aromatic carbocycles. The molecule has 18 heavy (non-hydrogen) atoms. The Balaban J connectivity index is 2.67. The molecule has 0 spiro atoms. The van der Waals surface area contributed by atoms with Crippen LogP contribution in [-0.4, -0.2) is 0 Å². The summed E-state index contributed by atoms with van der Waals surface area (Å²) in [6.45, 7) is 4.47. The van der Waals surface area contributed by atoms with Crippen molar-refractivity contribution in [1.82, 2.24) is 0 Å². The Kier molecular flexibility index (Phi) is 2.87. The number of hydrogen-bond acceptors (Lipinski definition) is 0. The van der Waals surface area contributed by atoms with E-state index in [1.54, 1.807) is 0 Å². The highest BCUT2D eigenvalue weighted by Gasteiger charge is 2.11. The first-order chi connectivity index (χ1) is 8.74. The number of rotatable bonds is 1. The van der Waals surface area contributed by atoms with Crippen LogP contribution in [0.15, 0.2) is 46.9 Å². The number of hydrogen-bond donors (Lipinski definition) is 0. The third-order valence-electron chi connectivity index (χ3n) is 3.74. The fourth-order valence-electron chi connectivity index (χ4n) is 2.89. The Bertz CT molecular complexity index is 741. The van der Waals surface area contributed by atoms with E-state index in [1.807, 2.05) is 0 Å². The molecule has 1 heteroatoms. The number of aryl methyl sites for hydroxylation is 2. The third-order valence-corrected chi connectivity index (χ3v) is 4.40. The first-order valence-electron chi connectivity index (χ1n) is 6.32. The summed E-state index contributed by atoms with van der Waals surface area (Å²) in [4.78, 5) is 0. The average Bonchev–Trinajstić information content (AvgIpc) is 2.40. The lowest BCUT2D eigenvalue weighted by Crippen LogP contribution is -1.93. The minimum atomic E-state index is 1.07. The molecule has 0 fully saturated rings. The fourth-order valence-corrected chi connectivity index (χ4v) is 3.50. The molecule has 0 aliphatic carbocycles. The molecule has 0 aliphatic rings. The SMILES string of the molecule is CCc1c(C)c2ccccc2c2cccc(Br)c12. The number of halogens is 1. The van der Waals surface area contributed by atoms with Gasteiger partial charge < -0.3 is 0 Å². The molecule has 0 saturated heterocycles. The van der Waals surface area contributed by atoms with Gasteiger partial charge in [0.15, 0.2) is 0 Å². The van der Waals surface area contributed by atoms with Crippen LogP contribution in [0.3, 0.4) is 0 Å². The zero-order chi connectivity index (χ0) is 12.7. The van der Waals surface area contributed by atoms with Crippen molar-refractivity contribution in [3.63, 3.8) is 0 Å². The van der Waals surface area contributed by atoms with Crippen molar-refractivity contribution in [1.29, 1.82) is 0 Å². The van der Waals surface area contributed by atoms with E-state index in [1.165, 1.54) is 37.1 Å². The van der Waals surface area contributed by atoms with E-state index in [0.717, 1.165) is 6.42 Å². The van der Waals surface area contributed by atoms with Gasteiger partial charge in [0, 0.05) is 4.47 Å². The van der Waals surface area contributed by atoms with Crippen molar-refractivity contribution >= 4 is 37.5 Å². The van der Waals surface area contributed by atoms with Gasteiger partial charge in [-0.2, -0.15) is 0 Å². The minimum absolute atomic E-state index is 1.07. The van der Waals surface area contributed by atoms with Gasteiger partial charge in [0.25, 0.3) is 0 Å². The van der Waals surface area contributed by atoms with Crippen molar-refractivity contribution in [2.24, 2.45) is 0 Å². The van der Waals surface area contributed by atoms with Crippen LogP contribution in [0.1, 0.15) is 18.1 Å². The van der Waals surface area contributed by atoms with E-state index in [4.69, 9.17) is 0 Å². The van der Waals surface area contributed by atoms with Gasteiger partial charge in [-0.1, -0.05) is 59.3 Å². The molecular weight excluding hydrogens is 284 g/mol. The molecule has 3 rings (SSSR count). The van der Waals surface area contributed by atoms with E-state index in [0.29, 0.717) is 0 Å². The van der Waals surface area contributed by atoms with Gasteiger partial charge in [0.1, 0.15) is 0 Å². The Morgan fingerprint density at radius 1 is 0.889 bits per heavy atom. The molecule has 0 unspecified atom stereocenters. The molecule has 90 valence electrons. The molecule has 0 nitrogen and oxygen atoms in total. The van der Waals surface area contributed by atoms with Crippen LogP contribution in [-0.2, 0) is 6.42 Å². The molecule has 0 atom stereocenters. The maximum Gasteiger partial charge on any atom is 0.0256 e. The standard InChI is InChI=1S/C17H15Br/c1-3-12-11(2)13-7-4-5-8-14(13)15-9-6-10-16(18)17(12)15/h4-10H,3H2,1-2H3. The second-order valence-electron chi connectivity index (χ2n) is 4.67. The van der Waals surface area contributed by atoms with Gasteiger partial charge in [0.2, 0.25) is 0 Å². The summed E-state index contributed by atoms with van der Waals surface area (Å²) >= 11 is 3.71. The number of fused-ring (bicyclic) bond motifs is 3. The van der Waals surface area contributed by atoms with E-state index in [9.17, 15) is 0 Å². The normalized spacial score (nSPS) is 11.3. The molecule has 0 amide bonds. The number of benzene rings is 3. The van der Waals surface area contributed by atoms with E-state index in [-0.39, 0.29) is 0 Å². The molecule has 0 aromatic heterocycles. The average molecular weight is 299 g/mol. The molecule has 3 aromatic rings. The van der Waals surface area contributed by atoms with Gasteiger partial charge in [0.05, 0.1) is 0 Å². The zero-order valence-corrected chi connectivity index (χ0v) is 12.2. The van der Waals surface area contributed by atoms with Crippen molar-refractivity contribution < 1.29 is 0 Å².